The van der Waals surface area contributed by atoms with Crippen LogP contribution in [0.4, 0.5) is 5.82 Å². The molecular weight excluding hydrogens is 262 g/mol. The first kappa shape index (κ1) is 13.7. The number of nitrogens with one attached hydrogen (secondary N) is 1. The van der Waals surface area contributed by atoms with Gasteiger partial charge in [0.05, 0.1) is 16.8 Å². The highest BCUT2D eigenvalue weighted by Gasteiger charge is 2.07. The molecule has 0 aromatic carbocycles. The number of hydrogen-bond donors (Lipinski definition) is 1. The minimum Gasteiger partial charge on any atom is -0.466 e. The summed E-state index contributed by atoms with van der Waals surface area (Å²) in [5.74, 6) is 0.691. The first-order valence-corrected chi connectivity index (χ1v) is 7.18. The molecule has 102 valence electrons. The summed E-state index contributed by atoms with van der Waals surface area (Å²) in [5, 5.41) is 5.32. The van der Waals surface area contributed by atoms with Crippen LogP contribution in [0.25, 0.3) is 10.2 Å². The van der Waals surface area contributed by atoms with E-state index < -0.39 is 0 Å². The molecule has 19 heavy (non-hydrogen) atoms. The van der Waals surface area contributed by atoms with Gasteiger partial charge in [-0.3, -0.25) is 4.79 Å². The molecule has 0 aliphatic rings. The average Bonchev–Trinajstić information content (AvgIpc) is 2.78. The zero-order valence-corrected chi connectivity index (χ0v) is 11.9. The van der Waals surface area contributed by atoms with Gasteiger partial charge in [-0.2, -0.15) is 0 Å². The number of rotatable bonds is 6. The summed E-state index contributed by atoms with van der Waals surface area (Å²) in [5.41, 5.74) is 2.16. The fourth-order valence-corrected chi connectivity index (χ4v) is 2.74. The number of carbonyl (C=O) groups excluding carboxylic acids is 1. The van der Waals surface area contributed by atoms with Crippen molar-refractivity contribution in [3.8, 4) is 0 Å². The third-order valence-electron chi connectivity index (χ3n) is 2.69. The van der Waals surface area contributed by atoms with Crippen LogP contribution in [0.2, 0.25) is 0 Å². The minimum absolute atomic E-state index is 0.149. The topological polar surface area (TPSA) is 64.1 Å². The van der Waals surface area contributed by atoms with Gasteiger partial charge in [-0.1, -0.05) is 0 Å². The van der Waals surface area contributed by atoms with Crippen LogP contribution in [-0.4, -0.2) is 29.1 Å². The van der Waals surface area contributed by atoms with Crippen molar-refractivity contribution in [2.24, 2.45) is 0 Å². The Hall–Kier alpha value is -1.69. The van der Waals surface area contributed by atoms with Crippen LogP contribution in [0.5, 0.6) is 0 Å². The highest BCUT2D eigenvalue weighted by molar-refractivity contribution is 7.18. The van der Waals surface area contributed by atoms with E-state index in [1.165, 1.54) is 0 Å². The van der Waals surface area contributed by atoms with Gasteiger partial charge in [-0.15, -0.1) is 11.3 Å². The van der Waals surface area contributed by atoms with Crippen LogP contribution >= 0.6 is 11.3 Å². The molecule has 2 heterocycles. The zero-order chi connectivity index (χ0) is 13.7. The number of esters is 1. The van der Waals surface area contributed by atoms with E-state index in [-0.39, 0.29) is 5.97 Å². The number of carbonyl (C=O) groups is 1. The third kappa shape index (κ3) is 3.41. The number of nitrogens with zero attached hydrogens (tertiary/aromatic N) is 2. The van der Waals surface area contributed by atoms with Crippen LogP contribution in [0.1, 0.15) is 25.3 Å². The predicted molar refractivity (Wildman–Crippen MR) is 76.5 cm³/mol. The molecule has 0 fully saturated rings. The molecule has 0 radical (unpaired) electrons. The van der Waals surface area contributed by atoms with Crippen molar-refractivity contribution in [3.63, 3.8) is 0 Å². The molecule has 0 atom stereocenters. The summed E-state index contributed by atoms with van der Waals surface area (Å²) in [6.45, 7) is 4.98. The highest BCUT2D eigenvalue weighted by Crippen LogP contribution is 2.28. The molecule has 0 aliphatic carbocycles. The molecule has 0 aliphatic heterocycles. The lowest BCUT2D eigenvalue weighted by Gasteiger charge is -2.06. The largest absolute Gasteiger partial charge is 0.466 e. The summed E-state index contributed by atoms with van der Waals surface area (Å²) in [4.78, 5) is 19.7. The minimum atomic E-state index is -0.149. The van der Waals surface area contributed by atoms with Gasteiger partial charge in [-0.25, -0.2) is 9.97 Å². The van der Waals surface area contributed by atoms with E-state index in [0.717, 1.165) is 28.0 Å². The maximum absolute atomic E-state index is 11.2. The Morgan fingerprint density at radius 2 is 2.32 bits per heavy atom. The van der Waals surface area contributed by atoms with Gasteiger partial charge < -0.3 is 10.1 Å². The van der Waals surface area contributed by atoms with E-state index in [4.69, 9.17) is 4.74 Å². The lowest BCUT2D eigenvalue weighted by atomic mass is 10.3. The molecule has 2 aromatic heterocycles. The molecule has 5 nitrogen and oxygen atoms in total. The maximum atomic E-state index is 11.2. The molecule has 0 saturated heterocycles. The van der Waals surface area contributed by atoms with E-state index >= 15 is 0 Å². The van der Waals surface area contributed by atoms with Crippen molar-refractivity contribution < 1.29 is 9.53 Å². The van der Waals surface area contributed by atoms with E-state index in [9.17, 15) is 4.79 Å². The summed E-state index contributed by atoms with van der Waals surface area (Å²) in [6.07, 6.45) is 2.73. The molecule has 2 aromatic rings. The van der Waals surface area contributed by atoms with Crippen LogP contribution in [0.15, 0.2) is 11.7 Å². The summed E-state index contributed by atoms with van der Waals surface area (Å²) in [6, 6.07) is 0. The van der Waals surface area contributed by atoms with E-state index in [0.29, 0.717) is 19.6 Å². The third-order valence-corrected chi connectivity index (χ3v) is 3.78. The van der Waals surface area contributed by atoms with Gasteiger partial charge >= 0.3 is 5.97 Å². The van der Waals surface area contributed by atoms with E-state index in [1.807, 2.05) is 13.8 Å². The number of ether oxygens (including phenoxy) is 1. The van der Waals surface area contributed by atoms with Crippen LogP contribution < -0.4 is 5.32 Å². The van der Waals surface area contributed by atoms with Crippen molar-refractivity contribution in [2.45, 2.75) is 26.7 Å². The smallest absolute Gasteiger partial charge is 0.305 e. The quantitative estimate of drug-likeness (QED) is 0.650. The Bertz CT molecular complexity index is 568. The Balaban J connectivity index is 1.90. The Labute approximate surface area is 116 Å². The second-order valence-electron chi connectivity index (χ2n) is 4.15. The highest BCUT2D eigenvalue weighted by atomic mass is 32.1. The molecule has 0 unspecified atom stereocenters. The van der Waals surface area contributed by atoms with Gasteiger partial charge in [-0.05, 0) is 31.2 Å². The average molecular weight is 279 g/mol. The SMILES string of the molecule is CCOC(=O)CCCNc1ncnc2c(C)csc12. The maximum Gasteiger partial charge on any atom is 0.305 e. The van der Waals surface area contributed by atoms with Crippen LogP contribution in [0.3, 0.4) is 0 Å². The van der Waals surface area contributed by atoms with Crippen molar-refractivity contribution >= 4 is 33.3 Å². The molecule has 0 bridgehead atoms. The summed E-state index contributed by atoms with van der Waals surface area (Å²) < 4.78 is 5.94. The Kier molecular flexibility index (Phi) is 4.68. The van der Waals surface area contributed by atoms with E-state index in [2.05, 4.69) is 20.7 Å². The molecule has 0 saturated carbocycles. The molecular formula is C13H17N3O2S. The molecule has 0 amide bonds. The van der Waals surface area contributed by atoms with Gasteiger partial charge in [0.2, 0.25) is 0 Å². The number of thiophene rings is 1. The first-order valence-electron chi connectivity index (χ1n) is 6.30. The number of aromatic nitrogens is 2. The summed E-state index contributed by atoms with van der Waals surface area (Å²) in [7, 11) is 0. The van der Waals surface area contributed by atoms with E-state index in [1.54, 1.807) is 17.7 Å². The predicted octanol–water partition coefficient (Wildman–Crippen LogP) is 2.75. The lowest BCUT2D eigenvalue weighted by molar-refractivity contribution is -0.143. The van der Waals surface area contributed by atoms with Gasteiger partial charge in [0.15, 0.2) is 0 Å². The first-order chi connectivity index (χ1) is 9.22. The van der Waals surface area contributed by atoms with Crippen molar-refractivity contribution in [2.75, 3.05) is 18.5 Å². The van der Waals surface area contributed by atoms with Gasteiger partial charge in [0.1, 0.15) is 12.1 Å². The number of fused-ring (bicyclic) bond motifs is 1. The second-order valence-corrected chi connectivity index (χ2v) is 5.03. The fraction of sp³-hybridized carbons (Fsp3) is 0.462. The van der Waals surface area contributed by atoms with Gasteiger partial charge in [0, 0.05) is 13.0 Å². The zero-order valence-electron chi connectivity index (χ0n) is 11.1. The van der Waals surface area contributed by atoms with Gasteiger partial charge in [0.25, 0.3) is 0 Å². The fourth-order valence-electron chi connectivity index (χ4n) is 1.77. The summed E-state index contributed by atoms with van der Waals surface area (Å²) >= 11 is 1.63. The van der Waals surface area contributed by atoms with Crippen LogP contribution in [-0.2, 0) is 9.53 Å². The molecule has 6 heteroatoms. The second kappa shape index (κ2) is 6.47. The monoisotopic (exact) mass is 279 g/mol. The standard InChI is InChI=1S/C13H17N3O2S/c1-3-18-10(17)5-4-6-14-13-12-11(15-8-16-13)9(2)7-19-12/h7-8H,3-6H2,1-2H3,(H,14,15,16). The Morgan fingerprint density at radius 1 is 1.47 bits per heavy atom. The van der Waals surface area contributed by atoms with Crippen molar-refractivity contribution in [1.82, 2.24) is 9.97 Å². The molecule has 0 spiro atoms. The Morgan fingerprint density at radius 3 is 3.11 bits per heavy atom. The molecule has 1 N–H and O–H groups in total. The number of hydrogen-bond acceptors (Lipinski definition) is 6. The lowest BCUT2D eigenvalue weighted by Crippen LogP contribution is -2.09. The van der Waals surface area contributed by atoms with Crippen LogP contribution in [0, 0.1) is 6.92 Å². The number of anilines is 1. The normalized spacial score (nSPS) is 10.6. The number of aryl methyl sites for hydroxylation is 1. The van der Waals surface area contributed by atoms with Crippen molar-refractivity contribution in [1.29, 1.82) is 0 Å². The van der Waals surface area contributed by atoms with Crippen molar-refractivity contribution in [3.05, 3.63) is 17.3 Å². The molecule has 2 rings (SSSR count).